The van der Waals surface area contributed by atoms with Crippen LogP contribution >= 0.6 is 11.8 Å². The van der Waals surface area contributed by atoms with Crippen molar-refractivity contribution < 1.29 is 9.90 Å². The molecule has 0 aliphatic heterocycles. The zero-order chi connectivity index (χ0) is 14.6. The summed E-state index contributed by atoms with van der Waals surface area (Å²) in [5.41, 5.74) is 0. The molecule has 0 radical (unpaired) electrons. The van der Waals surface area contributed by atoms with Crippen molar-refractivity contribution in [3.8, 4) is 0 Å². The molecule has 19 heavy (non-hydrogen) atoms. The fraction of sp³-hybridized carbons (Fsp3) is 0.750. The van der Waals surface area contributed by atoms with Crippen molar-refractivity contribution in [1.82, 2.24) is 14.8 Å². The normalized spacial score (nSPS) is 12.7. The van der Waals surface area contributed by atoms with E-state index in [-0.39, 0.29) is 11.8 Å². The monoisotopic (exact) mass is 286 g/mol. The van der Waals surface area contributed by atoms with Gasteiger partial charge in [-0.1, -0.05) is 18.7 Å². The van der Waals surface area contributed by atoms with Crippen LogP contribution in [0.4, 0.5) is 5.95 Å². The van der Waals surface area contributed by atoms with Crippen LogP contribution in [0.3, 0.4) is 0 Å². The second-order valence-corrected chi connectivity index (χ2v) is 5.74. The number of thioether (sulfide) groups is 1. The van der Waals surface area contributed by atoms with Gasteiger partial charge in [0.25, 0.3) is 0 Å². The Hall–Kier alpha value is -1.24. The van der Waals surface area contributed by atoms with E-state index in [0.717, 1.165) is 12.4 Å². The maximum absolute atomic E-state index is 10.7. The Morgan fingerprint density at radius 3 is 2.53 bits per heavy atom. The first-order valence-electron chi connectivity index (χ1n) is 6.40. The summed E-state index contributed by atoms with van der Waals surface area (Å²) in [5.74, 6) is -0.0601. The molecule has 0 aromatic carbocycles. The smallest absolute Gasteiger partial charge is 0.313 e. The van der Waals surface area contributed by atoms with Crippen molar-refractivity contribution in [3.05, 3.63) is 0 Å². The third-order valence-electron chi connectivity index (χ3n) is 3.06. The van der Waals surface area contributed by atoms with Gasteiger partial charge in [-0.15, -0.1) is 10.2 Å². The van der Waals surface area contributed by atoms with Gasteiger partial charge in [0, 0.05) is 19.1 Å². The average molecular weight is 286 g/mol. The van der Waals surface area contributed by atoms with Crippen LogP contribution in [0.15, 0.2) is 5.16 Å². The van der Waals surface area contributed by atoms with Crippen LogP contribution in [0, 0.1) is 0 Å². The minimum Gasteiger partial charge on any atom is -0.481 e. The number of anilines is 1. The van der Waals surface area contributed by atoms with E-state index in [1.165, 1.54) is 11.8 Å². The van der Waals surface area contributed by atoms with E-state index in [1.54, 1.807) is 0 Å². The topological polar surface area (TPSA) is 71.2 Å². The highest BCUT2D eigenvalue weighted by Gasteiger charge is 2.21. The molecule has 1 aromatic heterocycles. The third-order valence-corrected chi connectivity index (χ3v) is 3.98. The predicted molar refractivity (Wildman–Crippen MR) is 76.9 cm³/mol. The summed E-state index contributed by atoms with van der Waals surface area (Å²) in [6, 6.07) is 0.548. The lowest BCUT2D eigenvalue weighted by Crippen LogP contribution is -2.31. The molecule has 0 bridgehead atoms. The van der Waals surface area contributed by atoms with Crippen molar-refractivity contribution in [2.45, 2.75) is 51.4 Å². The lowest BCUT2D eigenvalue weighted by molar-refractivity contribution is -0.133. The first-order valence-corrected chi connectivity index (χ1v) is 7.39. The molecule has 1 unspecified atom stereocenters. The molecule has 0 amide bonds. The fourth-order valence-corrected chi connectivity index (χ4v) is 2.44. The van der Waals surface area contributed by atoms with Crippen molar-refractivity contribution in [3.63, 3.8) is 0 Å². The van der Waals surface area contributed by atoms with Gasteiger partial charge >= 0.3 is 5.97 Å². The van der Waals surface area contributed by atoms with Crippen molar-refractivity contribution >= 4 is 23.7 Å². The quantitative estimate of drug-likeness (QED) is 0.775. The van der Waals surface area contributed by atoms with Crippen molar-refractivity contribution in [2.24, 2.45) is 0 Å². The van der Waals surface area contributed by atoms with Crippen LogP contribution < -0.4 is 4.90 Å². The Morgan fingerprint density at radius 2 is 2.05 bits per heavy atom. The second kappa shape index (κ2) is 6.79. The molecule has 0 saturated heterocycles. The van der Waals surface area contributed by atoms with Gasteiger partial charge in [0.1, 0.15) is 0 Å². The number of rotatable bonds is 7. The first-order chi connectivity index (χ1) is 8.88. The molecule has 0 aliphatic carbocycles. The van der Waals surface area contributed by atoms with Gasteiger partial charge < -0.3 is 10.0 Å². The molecule has 0 spiro atoms. The number of carboxylic acids is 1. The van der Waals surface area contributed by atoms with Crippen LogP contribution in [0.2, 0.25) is 0 Å². The standard InChI is InChI=1S/C12H22N4O2S/c1-6-9(4)15(5)11-13-14-12(16(11)8(2)3)19-7-10(17)18/h8-9H,6-7H2,1-5H3,(H,17,18). The van der Waals surface area contributed by atoms with Gasteiger partial charge in [0.2, 0.25) is 5.95 Å². The molecule has 108 valence electrons. The molecular weight excluding hydrogens is 264 g/mol. The molecule has 7 heteroatoms. The van der Waals surface area contributed by atoms with E-state index in [1.807, 2.05) is 25.5 Å². The van der Waals surface area contributed by atoms with Crippen LogP contribution in [0.5, 0.6) is 0 Å². The predicted octanol–water partition coefficient (Wildman–Crippen LogP) is 2.27. The van der Waals surface area contributed by atoms with Crippen molar-refractivity contribution in [2.75, 3.05) is 17.7 Å². The molecular formula is C12H22N4O2S. The summed E-state index contributed by atoms with van der Waals surface area (Å²) < 4.78 is 1.99. The van der Waals surface area contributed by atoms with Crippen LogP contribution in [0.1, 0.15) is 40.2 Å². The number of aromatic nitrogens is 3. The van der Waals surface area contributed by atoms with Gasteiger partial charge in [0.15, 0.2) is 5.16 Å². The zero-order valence-electron chi connectivity index (χ0n) is 12.1. The number of carbonyl (C=O) groups is 1. The van der Waals surface area contributed by atoms with Gasteiger partial charge in [0.05, 0.1) is 5.75 Å². The van der Waals surface area contributed by atoms with Crippen molar-refractivity contribution in [1.29, 1.82) is 0 Å². The highest BCUT2D eigenvalue weighted by Crippen LogP contribution is 2.26. The largest absolute Gasteiger partial charge is 0.481 e. The van der Waals surface area contributed by atoms with Gasteiger partial charge in [-0.25, -0.2) is 0 Å². The molecule has 1 heterocycles. The van der Waals surface area contributed by atoms with E-state index in [0.29, 0.717) is 11.2 Å². The second-order valence-electron chi connectivity index (χ2n) is 4.80. The van der Waals surface area contributed by atoms with Gasteiger partial charge in [-0.05, 0) is 27.2 Å². The molecule has 0 aliphatic rings. The summed E-state index contributed by atoms with van der Waals surface area (Å²) in [4.78, 5) is 12.7. The summed E-state index contributed by atoms with van der Waals surface area (Å²) in [5, 5.41) is 17.7. The Balaban J connectivity index is 3.02. The first kappa shape index (κ1) is 15.8. The van der Waals surface area contributed by atoms with E-state index < -0.39 is 5.97 Å². The molecule has 1 atom stereocenters. The maximum Gasteiger partial charge on any atom is 0.313 e. The summed E-state index contributed by atoms with van der Waals surface area (Å²) >= 11 is 1.20. The van der Waals surface area contributed by atoms with Gasteiger partial charge in [-0.3, -0.25) is 9.36 Å². The van der Waals surface area contributed by atoms with Crippen LogP contribution in [0.25, 0.3) is 0 Å². The molecule has 0 saturated carbocycles. The Bertz CT molecular complexity index is 433. The number of aliphatic carboxylic acids is 1. The molecule has 1 N–H and O–H groups in total. The number of nitrogens with zero attached hydrogens (tertiary/aromatic N) is 4. The highest BCUT2D eigenvalue weighted by molar-refractivity contribution is 7.99. The Labute approximate surface area is 118 Å². The third kappa shape index (κ3) is 3.86. The van der Waals surface area contributed by atoms with E-state index >= 15 is 0 Å². The summed E-state index contributed by atoms with van der Waals surface area (Å²) in [6.45, 7) is 8.34. The zero-order valence-corrected chi connectivity index (χ0v) is 12.9. The minimum atomic E-state index is -0.847. The average Bonchev–Trinajstić information content (AvgIpc) is 2.78. The highest BCUT2D eigenvalue weighted by atomic mass is 32.2. The Morgan fingerprint density at radius 1 is 1.42 bits per heavy atom. The minimum absolute atomic E-state index is 0.00208. The van der Waals surface area contributed by atoms with Crippen LogP contribution in [-0.2, 0) is 4.79 Å². The number of hydrogen-bond donors (Lipinski definition) is 1. The summed E-state index contributed by atoms with van der Waals surface area (Å²) in [6.07, 6.45) is 1.01. The Kier molecular flexibility index (Phi) is 5.65. The van der Waals surface area contributed by atoms with Crippen LogP contribution in [-0.4, -0.2) is 44.7 Å². The molecule has 1 rings (SSSR count). The SMILES string of the molecule is CCC(C)N(C)c1nnc(SCC(=O)O)n1C(C)C. The molecule has 1 aromatic rings. The van der Waals surface area contributed by atoms with E-state index in [9.17, 15) is 4.79 Å². The molecule has 6 nitrogen and oxygen atoms in total. The van der Waals surface area contributed by atoms with E-state index in [2.05, 4.69) is 28.9 Å². The number of carboxylic acid groups (broad SMARTS) is 1. The lowest BCUT2D eigenvalue weighted by Gasteiger charge is -2.26. The van der Waals surface area contributed by atoms with E-state index in [4.69, 9.17) is 5.11 Å². The fourth-order valence-electron chi connectivity index (χ4n) is 1.66. The lowest BCUT2D eigenvalue weighted by atomic mass is 10.2. The molecule has 0 fully saturated rings. The summed E-state index contributed by atoms with van der Waals surface area (Å²) in [7, 11) is 1.99. The number of hydrogen-bond acceptors (Lipinski definition) is 5. The maximum atomic E-state index is 10.7. The van der Waals surface area contributed by atoms with Gasteiger partial charge in [-0.2, -0.15) is 0 Å².